The van der Waals surface area contributed by atoms with Crippen molar-refractivity contribution in [2.75, 3.05) is 0 Å². The number of aliphatic hydroxyl groups is 1. The molecule has 0 aromatic rings. The second-order valence-corrected chi connectivity index (χ2v) is 2.99. The van der Waals surface area contributed by atoms with Crippen molar-refractivity contribution in [3.63, 3.8) is 0 Å². The summed E-state index contributed by atoms with van der Waals surface area (Å²) >= 11 is 0. The van der Waals surface area contributed by atoms with Crippen molar-refractivity contribution < 1.29 is 15.0 Å². The maximum atomic E-state index is 10.6. The number of aliphatic hydroxyl groups excluding tert-OH is 1. The van der Waals surface area contributed by atoms with Crippen molar-refractivity contribution in [1.82, 2.24) is 0 Å². The topological polar surface area (TPSA) is 57.5 Å². The first-order valence-corrected chi connectivity index (χ1v) is 3.70. The highest BCUT2D eigenvalue weighted by molar-refractivity contribution is 5.71. The Morgan fingerprint density at radius 3 is 2.64 bits per heavy atom. The Bertz CT molecular complexity index is 186. The molecule has 0 aliphatic heterocycles. The molecule has 0 heterocycles. The fraction of sp³-hybridized carbons (Fsp3) is 0.625. The first kappa shape index (κ1) is 8.27. The fourth-order valence-corrected chi connectivity index (χ4v) is 1.32. The van der Waals surface area contributed by atoms with E-state index in [-0.39, 0.29) is 5.92 Å². The van der Waals surface area contributed by atoms with Crippen LogP contribution < -0.4 is 0 Å². The van der Waals surface area contributed by atoms with E-state index in [0.717, 1.165) is 0 Å². The molecule has 0 saturated heterocycles. The van der Waals surface area contributed by atoms with E-state index < -0.39 is 18.0 Å². The van der Waals surface area contributed by atoms with Crippen LogP contribution in [0.2, 0.25) is 0 Å². The van der Waals surface area contributed by atoms with E-state index in [1.165, 1.54) is 0 Å². The lowest BCUT2D eigenvalue weighted by Gasteiger charge is -2.23. The molecular weight excluding hydrogens is 144 g/mol. The molecule has 1 aliphatic carbocycles. The van der Waals surface area contributed by atoms with Gasteiger partial charge in [-0.05, 0) is 12.3 Å². The summed E-state index contributed by atoms with van der Waals surface area (Å²) in [5, 5.41) is 17.8. The average Bonchev–Trinajstić information content (AvgIpc) is 1.94. The van der Waals surface area contributed by atoms with Crippen LogP contribution in [0.25, 0.3) is 0 Å². The predicted molar refractivity (Wildman–Crippen MR) is 40.1 cm³/mol. The predicted octanol–water partition coefficient (Wildman–Crippen LogP) is 0.644. The van der Waals surface area contributed by atoms with E-state index in [1.807, 2.05) is 6.92 Å². The highest BCUT2D eigenvalue weighted by Gasteiger charge is 2.27. The van der Waals surface area contributed by atoms with Gasteiger partial charge in [0, 0.05) is 0 Å². The number of carboxylic acids is 1. The summed E-state index contributed by atoms with van der Waals surface area (Å²) in [6.07, 6.45) is 3.18. The van der Waals surface area contributed by atoms with Crippen LogP contribution in [0.15, 0.2) is 12.2 Å². The number of rotatable bonds is 1. The van der Waals surface area contributed by atoms with Crippen LogP contribution in [0.1, 0.15) is 13.3 Å². The second kappa shape index (κ2) is 3.05. The van der Waals surface area contributed by atoms with E-state index in [9.17, 15) is 4.79 Å². The molecule has 2 N–H and O–H groups in total. The minimum atomic E-state index is -0.819. The summed E-state index contributed by atoms with van der Waals surface area (Å²) < 4.78 is 0. The molecule has 3 nitrogen and oxygen atoms in total. The van der Waals surface area contributed by atoms with Gasteiger partial charge in [-0.1, -0.05) is 19.1 Å². The summed E-state index contributed by atoms with van der Waals surface area (Å²) in [5.74, 6) is -1.20. The van der Waals surface area contributed by atoms with Gasteiger partial charge in [-0.25, -0.2) is 0 Å². The maximum Gasteiger partial charge on any atom is 0.307 e. The highest BCUT2D eigenvalue weighted by Crippen LogP contribution is 2.24. The lowest BCUT2D eigenvalue weighted by molar-refractivity contribution is -0.144. The Labute approximate surface area is 65.3 Å². The van der Waals surface area contributed by atoms with Gasteiger partial charge in [0.25, 0.3) is 0 Å². The van der Waals surface area contributed by atoms with Crippen LogP contribution in [-0.2, 0) is 4.79 Å². The molecule has 62 valence electrons. The van der Waals surface area contributed by atoms with Gasteiger partial charge in [0.2, 0.25) is 0 Å². The third-order valence-electron chi connectivity index (χ3n) is 2.08. The smallest absolute Gasteiger partial charge is 0.307 e. The lowest BCUT2D eigenvalue weighted by atomic mass is 9.84. The quantitative estimate of drug-likeness (QED) is 0.548. The van der Waals surface area contributed by atoms with Crippen molar-refractivity contribution in [2.45, 2.75) is 19.4 Å². The molecule has 1 aliphatic rings. The zero-order valence-corrected chi connectivity index (χ0v) is 6.40. The Hall–Kier alpha value is -0.830. The average molecular weight is 156 g/mol. The summed E-state index contributed by atoms with van der Waals surface area (Å²) in [6.45, 7) is 1.85. The number of hydrogen-bond donors (Lipinski definition) is 2. The van der Waals surface area contributed by atoms with Gasteiger partial charge in [0.05, 0.1) is 12.0 Å². The fourth-order valence-electron chi connectivity index (χ4n) is 1.32. The number of carboxylic acid groups (broad SMARTS) is 1. The van der Waals surface area contributed by atoms with Gasteiger partial charge >= 0.3 is 5.97 Å². The van der Waals surface area contributed by atoms with Crippen LogP contribution in [0.4, 0.5) is 0 Å². The Morgan fingerprint density at radius 2 is 2.18 bits per heavy atom. The molecule has 0 spiro atoms. The second-order valence-electron chi connectivity index (χ2n) is 2.99. The minimum Gasteiger partial charge on any atom is -0.481 e. The van der Waals surface area contributed by atoms with E-state index >= 15 is 0 Å². The summed E-state index contributed by atoms with van der Waals surface area (Å²) in [7, 11) is 0. The molecule has 0 saturated carbocycles. The molecule has 0 aromatic carbocycles. The number of carbonyl (C=O) groups is 1. The SMILES string of the molecule is C[C@H]1C=CC(O)C[C@H]1C(=O)O. The third-order valence-corrected chi connectivity index (χ3v) is 2.08. The molecule has 0 amide bonds. The number of aliphatic carboxylic acids is 1. The first-order valence-electron chi connectivity index (χ1n) is 3.70. The Balaban J connectivity index is 2.68. The van der Waals surface area contributed by atoms with E-state index in [0.29, 0.717) is 6.42 Å². The van der Waals surface area contributed by atoms with Crippen molar-refractivity contribution >= 4 is 5.97 Å². The molecule has 0 bridgehead atoms. The largest absolute Gasteiger partial charge is 0.481 e. The maximum absolute atomic E-state index is 10.6. The van der Waals surface area contributed by atoms with Crippen LogP contribution in [0.5, 0.6) is 0 Å². The van der Waals surface area contributed by atoms with Gasteiger partial charge in [-0.2, -0.15) is 0 Å². The monoisotopic (exact) mass is 156 g/mol. The molecule has 0 fully saturated rings. The summed E-state index contributed by atoms with van der Waals surface area (Å²) in [6, 6.07) is 0. The first-order chi connectivity index (χ1) is 5.11. The number of hydrogen-bond acceptors (Lipinski definition) is 2. The van der Waals surface area contributed by atoms with Gasteiger partial charge in [-0.3, -0.25) is 4.79 Å². The van der Waals surface area contributed by atoms with Crippen LogP contribution in [-0.4, -0.2) is 22.3 Å². The summed E-state index contributed by atoms with van der Waals surface area (Å²) in [4.78, 5) is 10.6. The van der Waals surface area contributed by atoms with E-state index in [4.69, 9.17) is 10.2 Å². The highest BCUT2D eigenvalue weighted by atomic mass is 16.4. The molecule has 3 atom stereocenters. The lowest BCUT2D eigenvalue weighted by Crippen LogP contribution is -2.28. The van der Waals surface area contributed by atoms with Crippen molar-refractivity contribution in [2.24, 2.45) is 11.8 Å². The van der Waals surface area contributed by atoms with Crippen LogP contribution >= 0.6 is 0 Å². The molecule has 1 unspecified atom stereocenters. The molecule has 1 rings (SSSR count). The van der Waals surface area contributed by atoms with Crippen molar-refractivity contribution in [3.8, 4) is 0 Å². The third kappa shape index (κ3) is 1.80. The zero-order valence-electron chi connectivity index (χ0n) is 6.40. The van der Waals surface area contributed by atoms with E-state index in [2.05, 4.69) is 0 Å². The molecule has 11 heavy (non-hydrogen) atoms. The van der Waals surface area contributed by atoms with E-state index in [1.54, 1.807) is 12.2 Å². The normalized spacial score (nSPS) is 37.1. The Morgan fingerprint density at radius 1 is 1.55 bits per heavy atom. The van der Waals surface area contributed by atoms with Gasteiger partial charge in [0.1, 0.15) is 0 Å². The van der Waals surface area contributed by atoms with Crippen molar-refractivity contribution in [1.29, 1.82) is 0 Å². The number of allylic oxidation sites excluding steroid dienone is 1. The minimum absolute atomic E-state index is 0.0379. The Kier molecular flexibility index (Phi) is 2.29. The zero-order chi connectivity index (χ0) is 8.43. The van der Waals surface area contributed by atoms with Gasteiger partial charge < -0.3 is 10.2 Å². The summed E-state index contributed by atoms with van der Waals surface area (Å²) in [5.41, 5.74) is 0. The standard InChI is InChI=1S/C8H12O3/c1-5-2-3-6(9)4-7(5)8(10)11/h2-3,5-7,9H,4H2,1H3,(H,10,11)/t5-,6?,7+/m0/s1. The molecule has 0 aromatic heterocycles. The van der Waals surface area contributed by atoms with Crippen LogP contribution in [0.3, 0.4) is 0 Å². The molecule has 0 radical (unpaired) electrons. The van der Waals surface area contributed by atoms with Gasteiger partial charge in [0.15, 0.2) is 0 Å². The van der Waals surface area contributed by atoms with Crippen molar-refractivity contribution in [3.05, 3.63) is 12.2 Å². The molecule has 3 heteroatoms. The van der Waals surface area contributed by atoms with Gasteiger partial charge in [-0.15, -0.1) is 0 Å². The van der Waals surface area contributed by atoms with Crippen LogP contribution in [0, 0.1) is 11.8 Å². The molecular formula is C8H12O3.